The van der Waals surface area contributed by atoms with Crippen LogP contribution in [0.15, 0.2) is 29.6 Å². The van der Waals surface area contributed by atoms with Crippen LogP contribution in [0.5, 0.6) is 5.75 Å². The van der Waals surface area contributed by atoms with E-state index in [1.165, 1.54) is 23.5 Å². The zero-order valence-electron chi connectivity index (χ0n) is 10.7. The second kappa shape index (κ2) is 5.81. The van der Waals surface area contributed by atoms with E-state index in [1.807, 2.05) is 19.4 Å². The van der Waals surface area contributed by atoms with Gasteiger partial charge in [0.05, 0.1) is 5.69 Å². The van der Waals surface area contributed by atoms with Crippen LogP contribution in [-0.2, 0) is 0 Å². The van der Waals surface area contributed by atoms with Gasteiger partial charge in [-0.15, -0.1) is 11.3 Å². The van der Waals surface area contributed by atoms with Crippen LogP contribution in [0.3, 0.4) is 0 Å². The van der Waals surface area contributed by atoms with Crippen molar-refractivity contribution in [1.82, 2.24) is 10.3 Å². The number of rotatable bonds is 4. The molecule has 1 aromatic heterocycles. The van der Waals surface area contributed by atoms with E-state index in [9.17, 15) is 9.90 Å². The summed E-state index contributed by atoms with van der Waals surface area (Å²) in [5.41, 5.74) is 1.29. The van der Waals surface area contributed by atoms with Gasteiger partial charge in [-0.2, -0.15) is 0 Å². The monoisotopic (exact) mass is 277 g/mol. The Morgan fingerprint density at radius 3 is 2.95 bits per heavy atom. The van der Waals surface area contributed by atoms with Crippen LogP contribution in [0.25, 0.3) is 0 Å². The topological polar surface area (TPSA) is 74.2 Å². The molecule has 1 unspecified atom stereocenters. The number of aromatic nitrogens is 1. The lowest BCUT2D eigenvalue weighted by molar-refractivity contribution is 0.102. The van der Waals surface area contributed by atoms with Gasteiger partial charge in [0, 0.05) is 17.0 Å². The maximum absolute atomic E-state index is 11.9. The fourth-order valence-electron chi connectivity index (χ4n) is 1.51. The summed E-state index contributed by atoms with van der Waals surface area (Å²) in [5, 5.41) is 17.6. The second-order valence-corrected chi connectivity index (χ2v) is 4.95. The number of benzene rings is 1. The van der Waals surface area contributed by atoms with Gasteiger partial charge in [0.2, 0.25) is 0 Å². The zero-order valence-corrected chi connectivity index (χ0v) is 11.5. The molecule has 0 saturated heterocycles. The van der Waals surface area contributed by atoms with Crippen LogP contribution in [0, 0.1) is 0 Å². The number of thiazole rings is 1. The molecule has 0 aliphatic heterocycles. The Bertz CT molecular complexity index is 583. The number of carbonyl (C=O) groups excluding carboxylic acids is 1. The number of nitrogens with zero attached hydrogens (tertiary/aromatic N) is 1. The van der Waals surface area contributed by atoms with Crippen molar-refractivity contribution in [2.45, 2.75) is 13.0 Å². The van der Waals surface area contributed by atoms with Crippen molar-refractivity contribution in [2.75, 3.05) is 12.4 Å². The Morgan fingerprint density at radius 1 is 1.47 bits per heavy atom. The van der Waals surface area contributed by atoms with E-state index in [1.54, 1.807) is 12.1 Å². The Balaban J connectivity index is 2.09. The lowest BCUT2D eigenvalue weighted by Gasteiger charge is -2.05. The predicted octanol–water partition coefficient (Wildman–Crippen LogP) is 2.38. The summed E-state index contributed by atoms with van der Waals surface area (Å²) in [7, 11) is 1.86. The maximum Gasteiger partial charge on any atom is 0.257 e. The molecule has 3 N–H and O–H groups in total. The van der Waals surface area contributed by atoms with Gasteiger partial charge in [0.1, 0.15) is 5.75 Å². The molecule has 1 aromatic carbocycles. The largest absolute Gasteiger partial charge is 0.508 e. The molecule has 1 atom stereocenters. The molecular weight excluding hydrogens is 262 g/mol. The molecule has 0 spiro atoms. The molecule has 5 nitrogen and oxygen atoms in total. The quantitative estimate of drug-likeness (QED) is 0.802. The molecule has 2 rings (SSSR count). The third kappa shape index (κ3) is 3.30. The summed E-state index contributed by atoms with van der Waals surface area (Å²) < 4.78 is 0. The van der Waals surface area contributed by atoms with Crippen molar-refractivity contribution < 1.29 is 9.90 Å². The zero-order chi connectivity index (χ0) is 13.8. The Labute approximate surface area is 115 Å². The van der Waals surface area contributed by atoms with Gasteiger partial charge in [-0.25, -0.2) is 4.98 Å². The number of phenolic OH excluding ortho intramolecular Hbond substituents is 1. The fraction of sp³-hybridized carbons (Fsp3) is 0.231. The Kier molecular flexibility index (Phi) is 4.13. The number of anilines is 1. The van der Waals surface area contributed by atoms with E-state index < -0.39 is 0 Å². The van der Waals surface area contributed by atoms with Crippen LogP contribution in [0.4, 0.5) is 5.13 Å². The highest BCUT2D eigenvalue weighted by Crippen LogP contribution is 2.21. The number of hydrogen-bond donors (Lipinski definition) is 3. The summed E-state index contributed by atoms with van der Waals surface area (Å²) in [6, 6.07) is 6.34. The number of hydrogen-bond acceptors (Lipinski definition) is 5. The van der Waals surface area contributed by atoms with E-state index >= 15 is 0 Å². The van der Waals surface area contributed by atoms with Gasteiger partial charge >= 0.3 is 0 Å². The third-order valence-corrected chi connectivity index (χ3v) is 3.50. The van der Waals surface area contributed by atoms with Crippen molar-refractivity contribution in [2.24, 2.45) is 0 Å². The van der Waals surface area contributed by atoms with Gasteiger partial charge in [0.15, 0.2) is 5.13 Å². The predicted molar refractivity (Wildman–Crippen MR) is 75.6 cm³/mol. The van der Waals surface area contributed by atoms with E-state index in [2.05, 4.69) is 15.6 Å². The Hall–Kier alpha value is -1.92. The highest BCUT2D eigenvalue weighted by molar-refractivity contribution is 7.14. The minimum Gasteiger partial charge on any atom is -0.508 e. The summed E-state index contributed by atoms with van der Waals surface area (Å²) in [6.07, 6.45) is 0. The SMILES string of the molecule is CNC(C)c1csc(NC(=O)c2cccc(O)c2)n1. The van der Waals surface area contributed by atoms with E-state index in [-0.39, 0.29) is 17.7 Å². The van der Waals surface area contributed by atoms with Crippen molar-refractivity contribution in [3.8, 4) is 5.75 Å². The normalized spacial score (nSPS) is 12.1. The first kappa shape index (κ1) is 13.5. The fourth-order valence-corrected chi connectivity index (χ4v) is 2.31. The van der Waals surface area contributed by atoms with Gasteiger partial charge < -0.3 is 10.4 Å². The maximum atomic E-state index is 11.9. The smallest absolute Gasteiger partial charge is 0.257 e. The van der Waals surface area contributed by atoms with E-state index in [0.29, 0.717) is 10.7 Å². The Morgan fingerprint density at radius 2 is 2.26 bits per heavy atom. The van der Waals surface area contributed by atoms with E-state index in [0.717, 1.165) is 5.69 Å². The number of carbonyl (C=O) groups is 1. The first-order valence-corrected chi connectivity index (χ1v) is 6.71. The molecule has 100 valence electrons. The van der Waals surface area contributed by atoms with Crippen molar-refractivity contribution >= 4 is 22.4 Å². The van der Waals surface area contributed by atoms with Gasteiger partial charge in [-0.05, 0) is 32.2 Å². The molecule has 19 heavy (non-hydrogen) atoms. The van der Waals surface area contributed by atoms with Gasteiger partial charge in [0.25, 0.3) is 5.91 Å². The van der Waals surface area contributed by atoms with Crippen LogP contribution in [-0.4, -0.2) is 23.0 Å². The summed E-state index contributed by atoms with van der Waals surface area (Å²) in [6.45, 7) is 2.00. The highest BCUT2D eigenvalue weighted by atomic mass is 32.1. The first-order chi connectivity index (χ1) is 9.10. The molecule has 0 fully saturated rings. The standard InChI is InChI=1S/C13H15N3O2S/c1-8(14-2)11-7-19-13(15-11)16-12(18)9-4-3-5-10(17)6-9/h3-8,14,17H,1-2H3,(H,15,16,18). The molecule has 6 heteroatoms. The minimum absolute atomic E-state index is 0.0660. The number of phenols is 1. The number of aromatic hydroxyl groups is 1. The van der Waals surface area contributed by atoms with Crippen molar-refractivity contribution in [3.05, 3.63) is 40.9 Å². The molecule has 0 aliphatic carbocycles. The average Bonchev–Trinajstić information content (AvgIpc) is 2.86. The number of nitrogens with one attached hydrogen (secondary N) is 2. The van der Waals surface area contributed by atoms with Crippen LogP contribution in [0.2, 0.25) is 0 Å². The second-order valence-electron chi connectivity index (χ2n) is 4.09. The molecule has 2 aromatic rings. The average molecular weight is 277 g/mol. The molecular formula is C13H15N3O2S. The summed E-state index contributed by atoms with van der Waals surface area (Å²) in [4.78, 5) is 16.3. The van der Waals surface area contributed by atoms with Crippen molar-refractivity contribution in [3.63, 3.8) is 0 Å². The van der Waals surface area contributed by atoms with Crippen LogP contribution >= 0.6 is 11.3 Å². The lowest BCUT2D eigenvalue weighted by Crippen LogP contribution is -2.14. The first-order valence-electron chi connectivity index (χ1n) is 5.83. The van der Waals surface area contributed by atoms with Crippen LogP contribution in [0.1, 0.15) is 29.0 Å². The molecule has 0 saturated carbocycles. The molecule has 1 heterocycles. The number of amides is 1. The van der Waals surface area contributed by atoms with Gasteiger partial charge in [-0.3, -0.25) is 10.1 Å². The molecule has 0 radical (unpaired) electrons. The highest BCUT2D eigenvalue weighted by Gasteiger charge is 2.11. The minimum atomic E-state index is -0.283. The summed E-state index contributed by atoms with van der Waals surface area (Å²) >= 11 is 1.37. The van der Waals surface area contributed by atoms with Crippen LogP contribution < -0.4 is 10.6 Å². The van der Waals surface area contributed by atoms with Gasteiger partial charge in [-0.1, -0.05) is 6.07 Å². The third-order valence-electron chi connectivity index (χ3n) is 2.73. The van der Waals surface area contributed by atoms with Crippen molar-refractivity contribution in [1.29, 1.82) is 0 Å². The lowest BCUT2D eigenvalue weighted by atomic mass is 10.2. The molecule has 0 aliphatic rings. The van der Waals surface area contributed by atoms with E-state index in [4.69, 9.17) is 0 Å². The molecule has 0 bridgehead atoms. The molecule has 1 amide bonds. The summed E-state index contributed by atoms with van der Waals surface area (Å²) in [5.74, 6) is -0.217.